The predicted molar refractivity (Wildman–Crippen MR) is 102 cm³/mol. The van der Waals surface area contributed by atoms with Crippen LogP contribution in [0.2, 0.25) is 0 Å². The van der Waals surface area contributed by atoms with E-state index in [-0.39, 0.29) is 30.0 Å². The SMILES string of the molecule is CN(C)C(CN=C(N)NC1CCCCCC1)c1ccco1.I. The van der Waals surface area contributed by atoms with Gasteiger partial charge in [-0.1, -0.05) is 25.7 Å². The second kappa shape index (κ2) is 10.1. The van der Waals surface area contributed by atoms with Gasteiger partial charge in [-0.2, -0.15) is 0 Å². The Morgan fingerprint density at radius 3 is 2.59 bits per heavy atom. The van der Waals surface area contributed by atoms with Crippen molar-refractivity contribution in [3.05, 3.63) is 24.2 Å². The smallest absolute Gasteiger partial charge is 0.188 e. The van der Waals surface area contributed by atoms with Crippen LogP contribution in [0, 0.1) is 0 Å². The van der Waals surface area contributed by atoms with Gasteiger partial charge in [0.2, 0.25) is 0 Å². The van der Waals surface area contributed by atoms with E-state index in [4.69, 9.17) is 10.2 Å². The summed E-state index contributed by atoms with van der Waals surface area (Å²) in [5, 5.41) is 3.38. The molecule has 0 radical (unpaired) electrons. The van der Waals surface area contributed by atoms with Crippen LogP contribution in [0.4, 0.5) is 0 Å². The number of nitrogens with zero attached hydrogens (tertiary/aromatic N) is 2. The van der Waals surface area contributed by atoms with E-state index in [9.17, 15) is 0 Å². The highest BCUT2D eigenvalue weighted by atomic mass is 127. The number of rotatable bonds is 5. The number of halogens is 1. The Bertz CT molecular complexity index is 425. The molecule has 1 aliphatic rings. The van der Waals surface area contributed by atoms with Crippen LogP contribution >= 0.6 is 24.0 Å². The van der Waals surface area contributed by atoms with Gasteiger partial charge in [0.15, 0.2) is 5.96 Å². The molecule has 1 saturated carbocycles. The minimum atomic E-state index is 0. The number of hydrogen-bond donors (Lipinski definition) is 2. The lowest BCUT2D eigenvalue weighted by atomic mass is 10.1. The summed E-state index contributed by atoms with van der Waals surface area (Å²) in [5.41, 5.74) is 6.05. The number of hydrogen-bond acceptors (Lipinski definition) is 3. The Morgan fingerprint density at radius 2 is 2.05 bits per heavy atom. The highest BCUT2D eigenvalue weighted by Crippen LogP contribution is 2.19. The Balaban J connectivity index is 0.00000242. The Kier molecular flexibility index (Phi) is 8.85. The maximum atomic E-state index is 6.05. The summed E-state index contributed by atoms with van der Waals surface area (Å²) in [6.07, 6.45) is 9.36. The van der Waals surface area contributed by atoms with Gasteiger partial charge in [0.1, 0.15) is 5.76 Å². The molecule has 5 nitrogen and oxygen atoms in total. The van der Waals surface area contributed by atoms with Gasteiger partial charge >= 0.3 is 0 Å². The zero-order chi connectivity index (χ0) is 15.1. The van der Waals surface area contributed by atoms with Gasteiger partial charge in [0, 0.05) is 6.04 Å². The maximum Gasteiger partial charge on any atom is 0.188 e. The van der Waals surface area contributed by atoms with Gasteiger partial charge in [0.05, 0.1) is 18.8 Å². The normalized spacial score (nSPS) is 18.6. The zero-order valence-electron chi connectivity index (χ0n) is 13.6. The fraction of sp³-hybridized carbons (Fsp3) is 0.688. The summed E-state index contributed by atoms with van der Waals surface area (Å²) >= 11 is 0. The lowest BCUT2D eigenvalue weighted by molar-refractivity contribution is 0.265. The highest BCUT2D eigenvalue weighted by Gasteiger charge is 2.17. The Hall–Kier alpha value is -0.760. The van der Waals surface area contributed by atoms with Crippen LogP contribution in [0.5, 0.6) is 0 Å². The highest BCUT2D eigenvalue weighted by molar-refractivity contribution is 14.0. The molecular formula is C16H29IN4O. The molecule has 22 heavy (non-hydrogen) atoms. The average molecular weight is 420 g/mol. The van der Waals surface area contributed by atoms with E-state index in [2.05, 4.69) is 15.2 Å². The lowest BCUT2D eigenvalue weighted by Crippen LogP contribution is -2.40. The van der Waals surface area contributed by atoms with Crippen LogP contribution < -0.4 is 11.1 Å². The summed E-state index contributed by atoms with van der Waals surface area (Å²) in [7, 11) is 4.05. The van der Waals surface area contributed by atoms with Gasteiger partial charge in [-0.25, -0.2) is 0 Å². The molecule has 1 aromatic rings. The summed E-state index contributed by atoms with van der Waals surface area (Å²) in [6, 6.07) is 4.49. The molecule has 1 heterocycles. The molecule has 1 aliphatic carbocycles. The molecule has 0 amide bonds. The molecule has 0 aromatic carbocycles. The van der Waals surface area contributed by atoms with E-state index in [1.807, 2.05) is 26.2 Å². The second-order valence-corrected chi connectivity index (χ2v) is 6.05. The molecule has 0 bridgehead atoms. The fourth-order valence-corrected chi connectivity index (χ4v) is 2.85. The summed E-state index contributed by atoms with van der Waals surface area (Å²) < 4.78 is 5.48. The first kappa shape index (κ1) is 19.3. The molecule has 6 heteroatoms. The third-order valence-electron chi connectivity index (χ3n) is 4.14. The van der Waals surface area contributed by atoms with E-state index in [0.29, 0.717) is 18.5 Å². The van der Waals surface area contributed by atoms with Gasteiger partial charge in [-0.05, 0) is 39.1 Å². The van der Waals surface area contributed by atoms with Crippen LogP contribution in [0.25, 0.3) is 0 Å². The molecule has 1 unspecified atom stereocenters. The van der Waals surface area contributed by atoms with E-state index in [1.54, 1.807) is 6.26 Å². The maximum absolute atomic E-state index is 6.05. The number of furan rings is 1. The Morgan fingerprint density at radius 1 is 1.36 bits per heavy atom. The lowest BCUT2D eigenvalue weighted by Gasteiger charge is -2.21. The number of guanidine groups is 1. The second-order valence-electron chi connectivity index (χ2n) is 6.05. The molecule has 1 fully saturated rings. The first-order valence-corrected chi connectivity index (χ1v) is 7.93. The molecule has 3 N–H and O–H groups in total. The van der Waals surface area contributed by atoms with Crippen molar-refractivity contribution in [3.8, 4) is 0 Å². The fourth-order valence-electron chi connectivity index (χ4n) is 2.85. The molecule has 0 aliphatic heterocycles. The largest absolute Gasteiger partial charge is 0.468 e. The van der Waals surface area contributed by atoms with Crippen molar-refractivity contribution in [2.75, 3.05) is 20.6 Å². The first-order chi connectivity index (χ1) is 10.2. The molecule has 1 atom stereocenters. The third kappa shape index (κ3) is 6.16. The van der Waals surface area contributed by atoms with Crippen molar-refractivity contribution in [2.45, 2.75) is 50.6 Å². The van der Waals surface area contributed by atoms with Gasteiger partial charge in [-0.3, -0.25) is 9.89 Å². The number of nitrogens with one attached hydrogen (secondary N) is 1. The summed E-state index contributed by atoms with van der Waals surface area (Å²) in [6.45, 7) is 0.603. The van der Waals surface area contributed by atoms with Crippen molar-refractivity contribution in [1.82, 2.24) is 10.2 Å². The topological polar surface area (TPSA) is 66.8 Å². The van der Waals surface area contributed by atoms with Gasteiger partial charge in [0.25, 0.3) is 0 Å². The molecule has 0 spiro atoms. The van der Waals surface area contributed by atoms with E-state index in [1.165, 1.54) is 38.5 Å². The minimum Gasteiger partial charge on any atom is -0.468 e. The van der Waals surface area contributed by atoms with Crippen LogP contribution in [-0.2, 0) is 0 Å². The monoisotopic (exact) mass is 420 g/mol. The van der Waals surface area contributed by atoms with Crippen LogP contribution in [0.3, 0.4) is 0 Å². The summed E-state index contributed by atoms with van der Waals surface area (Å²) in [4.78, 5) is 6.61. The third-order valence-corrected chi connectivity index (χ3v) is 4.14. The zero-order valence-corrected chi connectivity index (χ0v) is 16.0. The van der Waals surface area contributed by atoms with Crippen molar-refractivity contribution in [2.24, 2.45) is 10.7 Å². The molecule has 0 saturated heterocycles. The predicted octanol–water partition coefficient (Wildman–Crippen LogP) is 3.13. The minimum absolute atomic E-state index is 0. The van der Waals surface area contributed by atoms with Crippen LogP contribution in [-0.4, -0.2) is 37.5 Å². The van der Waals surface area contributed by atoms with Crippen LogP contribution in [0.15, 0.2) is 27.8 Å². The average Bonchev–Trinajstić information content (AvgIpc) is 2.84. The molecule has 1 aromatic heterocycles. The quantitative estimate of drug-likeness (QED) is 0.333. The van der Waals surface area contributed by atoms with Gasteiger partial charge < -0.3 is 15.5 Å². The number of aliphatic imine (C=N–C) groups is 1. The Labute approximate surface area is 150 Å². The van der Waals surface area contributed by atoms with Crippen molar-refractivity contribution in [1.29, 1.82) is 0 Å². The number of nitrogens with two attached hydrogens (primary N) is 1. The first-order valence-electron chi connectivity index (χ1n) is 7.93. The number of likely N-dealkylation sites (N-methyl/N-ethyl adjacent to an activating group) is 1. The van der Waals surface area contributed by atoms with E-state index in [0.717, 1.165) is 5.76 Å². The van der Waals surface area contributed by atoms with Crippen molar-refractivity contribution >= 4 is 29.9 Å². The van der Waals surface area contributed by atoms with Gasteiger partial charge in [-0.15, -0.1) is 24.0 Å². The van der Waals surface area contributed by atoms with Crippen molar-refractivity contribution in [3.63, 3.8) is 0 Å². The molecular weight excluding hydrogens is 391 g/mol. The molecule has 2 rings (SSSR count). The molecule has 126 valence electrons. The van der Waals surface area contributed by atoms with Crippen molar-refractivity contribution < 1.29 is 4.42 Å². The van der Waals surface area contributed by atoms with E-state index >= 15 is 0 Å². The van der Waals surface area contributed by atoms with Crippen LogP contribution in [0.1, 0.15) is 50.3 Å². The standard InChI is InChI=1S/C16H28N4O.HI/c1-20(2)14(15-10-7-11-21-15)12-18-16(17)19-13-8-5-3-4-6-9-13;/h7,10-11,13-14H,3-6,8-9,12H2,1-2H3,(H3,17,18,19);1H. The summed E-state index contributed by atoms with van der Waals surface area (Å²) in [5.74, 6) is 1.48. The van der Waals surface area contributed by atoms with E-state index < -0.39 is 0 Å².